The number of amides is 1. The lowest BCUT2D eigenvalue weighted by molar-refractivity contribution is 0.215. The summed E-state index contributed by atoms with van der Waals surface area (Å²) in [5, 5.41) is 2.68. The first-order valence-corrected chi connectivity index (χ1v) is 6.56. The fourth-order valence-electron chi connectivity index (χ4n) is 1.67. The second-order valence-electron chi connectivity index (χ2n) is 3.86. The van der Waals surface area contributed by atoms with Crippen LogP contribution in [0.5, 0.6) is 5.75 Å². The van der Waals surface area contributed by atoms with E-state index in [4.69, 9.17) is 4.74 Å². The second kappa shape index (κ2) is 5.07. The molecule has 0 atom stereocenters. The van der Waals surface area contributed by atoms with Gasteiger partial charge in [-0.3, -0.25) is 5.32 Å². The standard InChI is InChI=1S/C14H10N2O2S/c17-14(18-11-4-2-1-3-5-11)16-10-6-7-13-12(8-10)15-9-19-13/h1-9H,(H,16,17). The topological polar surface area (TPSA) is 51.2 Å². The van der Waals surface area contributed by atoms with Crippen LogP contribution in [0.25, 0.3) is 10.2 Å². The maximum Gasteiger partial charge on any atom is 0.417 e. The van der Waals surface area contributed by atoms with Gasteiger partial charge in [0, 0.05) is 5.69 Å². The van der Waals surface area contributed by atoms with E-state index in [9.17, 15) is 4.79 Å². The lowest BCUT2D eigenvalue weighted by Gasteiger charge is -2.06. The lowest BCUT2D eigenvalue weighted by Crippen LogP contribution is -2.16. The van der Waals surface area contributed by atoms with Gasteiger partial charge in [-0.15, -0.1) is 11.3 Å². The molecule has 0 bridgehead atoms. The van der Waals surface area contributed by atoms with Gasteiger partial charge in [0.2, 0.25) is 0 Å². The number of fused-ring (bicyclic) bond motifs is 1. The van der Waals surface area contributed by atoms with E-state index in [0.29, 0.717) is 11.4 Å². The molecule has 5 heteroatoms. The molecule has 0 aliphatic carbocycles. The molecule has 1 N–H and O–H groups in total. The Hall–Kier alpha value is -2.40. The fraction of sp³-hybridized carbons (Fsp3) is 0. The van der Waals surface area contributed by atoms with Gasteiger partial charge in [0.15, 0.2) is 0 Å². The summed E-state index contributed by atoms with van der Waals surface area (Å²) in [6.45, 7) is 0. The fourth-order valence-corrected chi connectivity index (χ4v) is 2.33. The molecule has 0 saturated heterocycles. The Bertz CT molecular complexity index is 710. The number of nitrogens with one attached hydrogen (secondary N) is 1. The molecule has 0 spiro atoms. The van der Waals surface area contributed by atoms with E-state index in [0.717, 1.165) is 10.2 Å². The third kappa shape index (κ3) is 2.71. The van der Waals surface area contributed by atoms with Crippen LogP contribution in [0.4, 0.5) is 10.5 Å². The van der Waals surface area contributed by atoms with Gasteiger partial charge >= 0.3 is 6.09 Å². The molecular formula is C14H10N2O2S. The summed E-state index contributed by atoms with van der Waals surface area (Å²) in [4.78, 5) is 15.9. The highest BCUT2D eigenvalue weighted by atomic mass is 32.1. The molecule has 1 aromatic heterocycles. The number of hydrogen-bond donors (Lipinski definition) is 1. The third-order valence-electron chi connectivity index (χ3n) is 2.53. The number of para-hydroxylation sites is 1. The zero-order valence-electron chi connectivity index (χ0n) is 9.87. The number of thiazole rings is 1. The molecule has 0 aliphatic heterocycles. The number of rotatable bonds is 2. The molecule has 19 heavy (non-hydrogen) atoms. The Kier molecular flexibility index (Phi) is 3.12. The Morgan fingerprint density at radius 1 is 1.16 bits per heavy atom. The van der Waals surface area contributed by atoms with Crippen LogP contribution < -0.4 is 10.1 Å². The van der Waals surface area contributed by atoms with E-state index in [-0.39, 0.29) is 0 Å². The van der Waals surface area contributed by atoms with Crippen molar-refractivity contribution >= 4 is 33.3 Å². The van der Waals surface area contributed by atoms with E-state index in [2.05, 4.69) is 10.3 Å². The molecule has 0 aliphatic rings. The van der Waals surface area contributed by atoms with Crippen LogP contribution in [-0.4, -0.2) is 11.1 Å². The molecule has 2 aromatic carbocycles. The lowest BCUT2D eigenvalue weighted by atomic mass is 10.3. The number of anilines is 1. The van der Waals surface area contributed by atoms with Gasteiger partial charge in [0.25, 0.3) is 0 Å². The maximum atomic E-state index is 11.7. The molecule has 0 fully saturated rings. The number of carbonyl (C=O) groups is 1. The summed E-state index contributed by atoms with van der Waals surface area (Å²) in [5.41, 5.74) is 3.30. The monoisotopic (exact) mass is 270 g/mol. The summed E-state index contributed by atoms with van der Waals surface area (Å²) < 4.78 is 6.23. The molecular weight excluding hydrogens is 260 g/mol. The predicted molar refractivity (Wildman–Crippen MR) is 75.7 cm³/mol. The average Bonchev–Trinajstić information content (AvgIpc) is 2.87. The van der Waals surface area contributed by atoms with Crippen molar-refractivity contribution in [2.75, 3.05) is 5.32 Å². The molecule has 3 aromatic rings. The molecule has 1 heterocycles. The van der Waals surface area contributed by atoms with Crippen LogP contribution in [0.2, 0.25) is 0 Å². The molecule has 0 unspecified atom stereocenters. The van der Waals surface area contributed by atoms with Crippen molar-refractivity contribution in [1.29, 1.82) is 0 Å². The summed E-state index contributed by atoms with van der Waals surface area (Å²) in [5.74, 6) is 0.509. The Morgan fingerprint density at radius 3 is 2.84 bits per heavy atom. The summed E-state index contributed by atoms with van der Waals surface area (Å²) >= 11 is 1.56. The van der Waals surface area contributed by atoms with Crippen LogP contribution in [0.1, 0.15) is 0 Å². The van der Waals surface area contributed by atoms with Gasteiger partial charge in [-0.2, -0.15) is 0 Å². The number of benzene rings is 2. The van der Waals surface area contributed by atoms with Crippen molar-refractivity contribution in [2.45, 2.75) is 0 Å². The van der Waals surface area contributed by atoms with Crippen LogP contribution in [0.3, 0.4) is 0 Å². The Labute approximate surface area is 113 Å². The number of nitrogens with zero attached hydrogens (tertiary/aromatic N) is 1. The maximum absolute atomic E-state index is 11.7. The first kappa shape index (κ1) is 11.7. The van der Waals surface area contributed by atoms with Crippen molar-refractivity contribution in [2.24, 2.45) is 0 Å². The molecule has 3 rings (SSSR count). The quantitative estimate of drug-likeness (QED) is 0.768. The number of carbonyl (C=O) groups excluding carboxylic acids is 1. The van der Waals surface area contributed by atoms with Crippen molar-refractivity contribution in [3.63, 3.8) is 0 Å². The van der Waals surface area contributed by atoms with Gasteiger partial charge in [-0.25, -0.2) is 9.78 Å². The minimum atomic E-state index is -0.513. The van der Waals surface area contributed by atoms with Crippen molar-refractivity contribution < 1.29 is 9.53 Å². The number of aromatic nitrogens is 1. The predicted octanol–water partition coefficient (Wildman–Crippen LogP) is 3.91. The summed E-state index contributed by atoms with van der Waals surface area (Å²) in [7, 11) is 0. The van der Waals surface area contributed by atoms with Crippen molar-refractivity contribution in [1.82, 2.24) is 4.98 Å². The van der Waals surface area contributed by atoms with Crippen LogP contribution in [-0.2, 0) is 0 Å². The van der Waals surface area contributed by atoms with E-state index in [1.54, 1.807) is 29.0 Å². The van der Waals surface area contributed by atoms with Crippen LogP contribution in [0, 0.1) is 0 Å². The van der Waals surface area contributed by atoms with E-state index in [1.807, 2.05) is 36.4 Å². The minimum Gasteiger partial charge on any atom is -0.410 e. The van der Waals surface area contributed by atoms with Gasteiger partial charge in [-0.05, 0) is 30.3 Å². The first-order chi connectivity index (χ1) is 9.31. The van der Waals surface area contributed by atoms with Crippen LogP contribution >= 0.6 is 11.3 Å². The van der Waals surface area contributed by atoms with Gasteiger partial charge in [-0.1, -0.05) is 18.2 Å². The molecule has 0 radical (unpaired) electrons. The Balaban J connectivity index is 1.72. The average molecular weight is 270 g/mol. The number of ether oxygens (including phenoxy) is 1. The van der Waals surface area contributed by atoms with Gasteiger partial charge < -0.3 is 4.74 Å². The zero-order chi connectivity index (χ0) is 13.1. The summed E-state index contributed by atoms with van der Waals surface area (Å²) in [6, 6.07) is 14.5. The summed E-state index contributed by atoms with van der Waals surface area (Å²) in [6.07, 6.45) is -0.513. The van der Waals surface area contributed by atoms with Crippen molar-refractivity contribution in [3.05, 3.63) is 54.0 Å². The second-order valence-corrected chi connectivity index (χ2v) is 4.75. The van der Waals surface area contributed by atoms with Gasteiger partial charge in [0.1, 0.15) is 5.75 Å². The molecule has 0 saturated carbocycles. The zero-order valence-corrected chi connectivity index (χ0v) is 10.7. The smallest absolute Gasteiger partial charge is 0.410 e. The molecule has 94 valence electrons. The van der Waals surface area contributed by atoms with E-state index in [1.165, 1.54) is 0 Å². The molecule has 4 nitrogen and oxygen atoms in total. The highest BCUT2D eigenvalue weighted by Crippen LogP contribution is 2.21. The highest BCUT2D eigenvalue weighted by Gasteiger charge is 2.06. The first-order valence-electron chi connectivity index (χ1n) is 5.68. The largest absolute Gasteiger partial charge is 0.417 e. The van der Waals surface area contributed by atoms with Crippen molar-refractivity contribution in [3.8, 4) is 5.75 Å². The third-order valence-corrected chi connectivity index (χ3v) is 3.34. The van der Waals surface area contributed by atoms with E-state index >= 15 is 0 Å². The highest BCUT2D eigenvalue weighted by molar-refractivity contribution is 7.16. The van der Waals surface area contributed by atoms with E-state index < -0.39 is 6.09 Å². The minimum absolute atomic E-state index is 0.509. The Morgan fingerprint density at radius 2 is 2.00 bits per heavy atom. The number of hydrogen-bond acceptors (Lipinski definition) is 4. The van der Waals surface area contributed by atoms with Crippen LogP contribution in [0.15, 0.2) is 54.0 Å². The van der Waals surface area contributed by atoms with Gasteiger partial charge in [0.05, 0.1) is 15.7 Å². The molecule has 1 amide bonds. The SMILES string of the molecule is O=C(Nc1ccc2scnc2c1)Oc1ccccc1. The normalized spacial score (nSPS) is 10.3.